The summed E-state index contributed by atoms with van der Waals surface area (Å²) in [5.41, 5.74) is 0. The summed E-state index contributed by atoms with van der Waals surface area (Å²) >= 11 is 4.74. The number of hydrogen-bond donors (Lipinski definition) is 0. The molecule has 0 aliphatic rings. The number of halogens is 2. The maximum Gasteiger partial charge on any atom is 0.133 e. The van der Waals surface area contributed by atoms with Gasteiger partial charge in [0.1, 0.15) is 11.5 Å². The molecule has 0 unspecified atom stereocenters. The maximum atomic E-state index is 6.14. The van der Waals surface area contributed by atoms with Crippen LogP contribution in [0.25, 0.3) is 0 Å². The van der Waals surface area contributed by atoms with Crippen molar-refractivity contribution in [1.29, 1.82) is 0 Å². The van der Waals surface area contributed by atoms with Crippen molar-refractivity contribution in [1.82, 2.24) is 0 Å². The number of hydrogen-bond acceptors (Lipinski definition) is 2. The molecule has 6 heteroatoms. The number of benzene rings is 1. The third-order valence-electron chi connectivity index (χ3n) is 7.08. The summed E-state index contributed by atoms with van der Waals surface area (Å²) in [4.78, 5) is 0. The molecule has 0 aromatic heterocycles. The summed E-state index contributed by atoms with van der Waals surface area (Å²) in [5, 5.41) is 0. The van der Waals surface area contributed by atoms with Crippen molar-refractivity contribution < 1.29 is 18.4 Å². The van der Waals surface area contributed by atoms with Crippen LogP contribution in [0.2, 0.25) is 0 Å². The van der Waals surface area contributed by atoms with Crippen LogP contribution in [0.15, 0.2) is 12.1 Å². The number of quaternary nitrogens is 2. The van der Waals surface area contributed by atoms with E-state index in [4.69, 9.17) is 9.47 Å². The lowest BCUT2D eigenvalue weighted by Crippen LogP contribution is -2.48. The van der Waals surface area contributed by atoms with Crippen molar-refractivity contribution in [3.63, 3.8) is 0 Å². The monoisotopic (exact) mass is 646 g/mol. The molecule has 0 radical (unpaired) electrons. The van der Waals surface area contributed by atoms with E-state index in [1.807, 2.05) is 0 Å². The van der Waals surface area contributed by atoms with Gasteiger partial charge in [0.15, 0.2) is 0 Å². The Balaban J connectivity index is 2.55. The van der Waals surface area contributed by atoms with E-state index in [-0.39, 0.29) is 0 Å². The average molecular weight is 646 g/mol. The maximum absolute atomic E-state index is 6.14. The molecule has 1 aromatic carbocycles. The van der Waals surface area contributed by atoms with Crippen molar-refractivity contribution in [2.75, 3.05) is 65.6 Å². The molecule has 174 valence electrons. The summed E-state index contributed by atoms with van der Waals surface area (Å²) in [6, 6.07) is 4.26. The SMILES string of the molecule is CC[N+](CC)(CC)CCCOc1cc(I)c(OCCC[N+](CC)(CC)CC)cc1I. The van der Waals surface area contributed by atoms with Crippen molar-refractivity contribution in [3.05, 3.63) is 19.3 Å². The van der Waals surface area contributed by atoms with E-state index in [0.717, 1.165) is 44.7 Å². The minimum Gasteiger partial charge on any atom is -0.492 e. The summed E-state index contributed by atoms with van der Waals surface area (Å²) in [6.07, 6.45) is 2.18. The van der Waals surface area contributed by atoms with Crippen molar-refractivity contribution in [2.45, 2.75) is 54.4 Å². The molecule has 30 heavy (non-hydrogen) atoms. The van der Waals surface area contributed by atoms with Crippen molar-refractivity contribution in [3.8, 4) is 11.5 Å². The molecular formula is C24H44I2N2O2+2. The van der Waals surface area contributed by atoms with Crippen LogP contribution in [0.1, 0.15) is 54.4 Å². The molecule has 0 saturated carbocycles. The quantitative estimate of drug-likeness (QED) is 0.121. The van der Waals surface area contributed by atoms with E-state index >= 15 is 0 Å². The smallest absolute Gasteiger partial charge is 0.133 e. The molecule has 0 aliphatic carbocycles. The van der Waals surface area contributed by atoms with Crippen molar-refractivity contribution in [2.24, 2.45) is 0 Å². The summed E-state index contributed by atoms with van der Waals surface area (Å²) in [7, 11) is 0. The summed E-state index contributed by atoms with van der Waals surface area (Å²) < 4.78 is 16.9. The van der Waals surface area contributed by atoms with E-state index in [1.54, 1.807) is 0 Å². The molecule has 1 rings (SSSR count). The molecule has 0 spiro atoms. The first-order chi connectivity index (χ1) is 14.3. The molecule has 0 saturated heterocycles. The van der Waals surface area contributed by atoms with Gasteiger partial charge in [-0.15, -0.1) is 0 Å². The van der Waals surface area contributed by atoms with E-state index < -0.39 is 0 Å². The van der Waals surface area contributed by atoms with Gasteiger partial charge in [-0.05, 0) is 98.9 Å². The molecule has 1 aromatic rings. The van der Waals surface area contributed by atoms with E-state index in [0.29, 0.717) is 0 Å². The molecule has 0 atom stereocenters. The van der Waals surface area contributed by atoms with Crippen LogP contribution in [0.4, 0.5) is 0 Å². The number of ether oxygens (including phenoxy) is 2. The Morgan fingerprint density at radius 1 is 0.600 bits per heavy atom. The van der Waals surface area contributed by atoms with Gasteiger partial charge in [-0.2, -0.15) is 0 Å². The van der Waals surface area contributed by atoms with Gasteiger partial charge < -0.3 is 18.4 Å². The highest BCUT2D eigenvalue weighted by molar-refractivity contribution is 14.1. The lowest BCUT2D eigenvalue weighted by atomic mass is 10.3. The molecule has 0 amide bonds. The van der Waals surface area contributed by atoms with Gasteiger partial charge in [-0.3, -0.25) is 0 Å². The fourth-order valence-corrected chi connectivity index (χ4v) is 5.37. The Labute approximate surface area is 213 Å². The first-order valence-corrected chi connectivity index (χ1v) is 13.9. The minimum absolute atomic E-state index is 0.775. The molecule has 0 aliphatic heterocycles. The first kappa shape index (κ1) is 28.2. The molecule has 0 bridgehead atoms. The van der Waals surface area contributed by atoms with Crippen LogP contribution in [-0.2, 0) is 0 Å². The summed E-state index contributed by atoms with van der Waals surface area (Å²) in [6.45, 7) is 24.9. The highest BCUT2D eigenvalue weighted by atomic mass is 127. The third-order valence-corrected chi connectivity index (χ3v) is 8.77. The van der Waals surface area contributed by atoms with Gasteiger partial charge in [-0.1, -0.05) is 0 Å². The second kappa shape index (κ2) is 14.4. The summed E-state index contributed by atoms with van der Waals surface area (Å²) in [5.74, 6) is 1.96. The van der Waals surface area contributed by atoms with Crippen LogP contribution in [-0.4, -0.2) is 74.5 Å². The van der Waals surface area contributed by atoms with E-state index in [2.05, 4.69) is 98.9 Å². The van der Waals surface area contributed by atoms with Crippen LogP contribution >= 0.6 is 45.2 Å². The van der Waals surface area contributed by atoms with E-state index in [1.165, 1.54) is 61.3 Å². The van der Waals surface area contributed by atoms with Crippen LogP contribution in [0, 0.1) is 7.14 Å². The largest absolute Gasteiger partial charge is 0.492 e. The normalized spacial score (nSPS) is 12.3. The molecular weight excluding hydrogens is 602 g/mol. The molecule has 0 heterocycles. The fraction of sp³-hybridized carbons (Fsp3) is 0.750. The standard InChI is InChI=1S/C24H44I2N2O2/c1-7-27(8-2,9-3)15-13-17-29-23-19-22(26)24(20-21(23)25)30-18-14-16-28(10-4,11-5)12-6/h19-20H,7-18H2,1-6H3/q+2. The van der Waals surface area contributed by atoms with E-state index in [9.17, 15) is 0 Å². The van der Waals surface area contributed by atoms with Crippen LogP contribution in [0.3, 0.4) is 0 Å². The Bertz CT molecular complexity index is 547. The molecule has 4 nitrogen and oxygen atoms in total. The van der Waals surface area contributed by atoms with Gasteiger partial charge >= 0.3 is 0 Å². The topological polar surface area (TPSA) is 18.5 Å². The zero-order valence-electron chi connectivity index (χ0n) is 20.1. The first-order valence-electron chi connectivity index (χ1n) is 11.8. The predicted octanol–water partition coefficient (Wildman–Crippen LogP) is 6.19. The fourth-order valence-electron chi connectivity index (χ4n) is 4.19. The zero-order chi connectivity index (χ0) is 22.6. The minimum atomic E-state index is 0.775. The van der Waals surface area contributed by atoms with Crippen LogP contribution in [0.5, 0.6) is 11.5 Å². The van der Waals surface area contributed by atoms with Gasteiger partial charge in [-0.25, -0.2) is 0 Å². The lowest BCUT2D eigenvalue weighted by molar-refractivity contribution is -0.923. The average Bonchev–Trinajstić information content (AvgIpc) is 2.77. The van der Waals surface area contributed by atoms with Gasteiger partial charge in [0, 0.05) is 12.8 Å². The van der Waals surface area contributed by atoms with Gasteiger partial charge in [0.2, 0.25) is 0 Å². The predicted molar refractivity (Wildman–Crippen MR) is 146 cm³/mol. The Kier molecular flexibility index (Phi) is 13.5. The van der Waals surface area contributed by atoms with Gasteiger partial charge in [0.05, 0.1) is 72.7 Å². The zero-order valence-corrected chi connectivity index (χ0v) is 24.4. The van der Waals surface area contributed by atoms with Gasteiger partial charge in [0.25, 0.3) is 0 Å². The Morgan fingerprint density at radius 3 is 1.17 bits per heavy atom. The number of rotatable bonds is 16. The van der Waals surface area contributed by atoms with Crippen molar-refractivity contribution >= 4 is 45.2 Å². The second-order valence-electron chi connectivity index (χ2n) is 8.14. The Morgan fingerprint density at radius 2 is 0.900 bits per heavy atom. The highest BCUT2D eigenvalue weighted by Gasteiger charge is 2.21. The Hall–Kier alpha value is 0.200. The molecule has 0 N–H and O–H groups in total. The molecule has 0 fully saturated rings. The van der Waals surface area contributed by atoms with Crippen LogP contribution < -0.4 is 9.47 Å². The second-order valence-corrected chi connectivity index (χ2v) is 10.5. The lowest BCUT2D eigenvalue weighted by Gasteiger charge is -2.35. The highest BCUT2D eigenvalue weighted by Crippen LogP contribution is 2.31. The third kappa shape index (κ3) is 8.28. The number of nitrogens with zero attached hydrogens (tertiary/aromatic N) is 2.